The smallest absolute Gasteiger partial charge is 0.140 e. The van der Waals surface area contributed by atoms with Crippen LogP contribution >= 0.6 is 0 Å². The Balaban J connectivity index is 1.95. The molecule has 2 aromatic heterocycles. The Morgan fingerprint density at radius 3 is 3.00 bits per heavy atom. The fourth-order valence-corrected chi connectivity index (χ4v) is 2.27. The normalized spacial score (nSPS) is 11.3. The van der Waals surface area contributed by atoms with Crippen LogP contribution in [0.2, 0.25) is 0 Å². The van der Waals surface area contributed by atoms with Crippen LogP contribution < -0.4 is 5.32 Å². The summed E-state index contributed by atoms with van der Waals surface area (Å²) in [5.41, 5.74) is 2.30. The van der Waals surface area contributed by atoms with E-state index in [4.69, 9.17) is 9.47 Å². The average Bonchev–Trinajstić information content (AvgIpc) is 2.82. The summed E-state index contributed by atoms with van der Waals surface area (Å²) in [5, 5.41) is 4.40. The van der Waals surface area contributed by atoms with Gasteiger partial charge >= 0.3 is 0 Å². The first kappa shape index (κ1) is 15.0. The third kappa shape index (κ3) is 3.79. The molecule has 0 aromatic carbocycles. The van der Waals surface area contributed by atoms with E-state index in [1.54, 1.807) is 7.11 Å². The van der Waals surface area contributed by atoms with E-state index < -0.39 is 0 Å². The van der Waals surface area contributed by atoms with Crippen molar-refractivity contribution in [3.05, 3.63) is 30.1 Å². The van der Waals surface area contributed by atoms with Gasteiger partial charge in [0.15, 0.2) is 0 Å². The third-order valence-electron chi connectivity index (χ3n) is 3.20. The standard InChI is InChI=1S/C15H23N3O2/c1-16-11-13-12-18(7-10-20-9-4-8-19-2)15-14(13)5-3-6-17-15/h3,5-6,12,16H,4,7-11H2,1-2H3. The van der Waals surface area contributed by atoms with Gasteiger partial charge in [0.2, 0.25) is 0 Å². The molecule has 2 aromatic rings. The Hall–Kier alpha value is -1.43. The molecule has 5 heteroatoms. The number of hydrogen-bond donors (Lipinski definition) is 1. The van der Waals surface area contributed by atoms with E-state index >= 15 is 0 Å². The molecule has 1 N–H and O–H groups in total. The number of fused-ring (bicyclic) bond motifs is 1. The highest BCUT2D eigenvalue weighted by Gasteiger charge is 2.08. The summed E-state index contributed by atoms with van der Waals surface area (Å²) >= 11 is 0. The summed E-state index contributed by atoms with van der Waals surface area (Å²) in [7, 11) is 3.67. The second-order valence-corrected chi connectivity index (χ2v) is 4.71. The van der Waals surface area contributed by atoms with Crippen molar-refractivity contribution in [3.8, 4) is 0 Å². The molecule has 2 heterocycles. The second kappa shape index (κ2) is 7.99. The van der Waals surface area contributed by atoms with Crippen molar-refractivity contribution in [2.24, 2.45) is 0 Å². The molecule has 0 bridgehead atoms. The van der Waals surface area contributed by atoms with Crippen LogP contribution in [-0.2, 0) is 22.6 Å². The highest BCUT2D eigenvalue weighted by Crippen LogP contribution is 2.19. The summed E-state index contributed by atoms with van der Waals surface area (Å²) in [5.74, 6) is 0. The van der Waals surface area contributed by atoms with E-state index in [0.29, 0.717) is 6.61 Å². The molecule has 110 valence electrons. The number of ether oxygens (including phenoxy) is 2. The fraction of sp³-hybridized carbons (Fsp3) is 0.533. The van der Waals surface area contributed by atoms with Crippen molar-refractivity contribution in [3.63, 3.8) is 0 Å². The summed E-state index contributed by atoms with van der Waals surface area (Å²) in [6.07, 6.45) is 4.93. The first-order valence-electron chi connectivity index (χ1n) is 7.01. The van der Waals surface area contributed by atoms with E-state index in [-0.39, 0.29) is 0 Å². The lowest BCUT2D eigenvalue weighted by atomic mass is 10.2. The van der Waals surface area contributed by atoms with Gasteiger partial charge < -0.3 is 19.4 Å². The van der Waals surface area contributed by atoms with Crippen LogP contribution in [0.4, 0.5) is 0 Å². The Morgan fingerprint density at radius 1 is 1.30 bits per heavy atom. The molecule has 0 atom stereocenters. The summed E-state index contributed by atoms with van der Waals surface area (Å²) < 4.78 is 12.8. The van der Waals surface area contributed by atoms with E-state index in [2.05, 4.69) is 27.1 Å². The molecule has 5 nitrogen and oxygen atoms in total. The van der Waals surface area contributed by atoms with Crippen LogP contribution in [0.5, 0.6) is 0 Å². The van der Waals surface area contributed by atoms with E-state index in [1.165, 1.54) is 10.9 Å². The average molecular weight is 277 g/mol. The zero-order chi connectivity index (χ0) is 14.2. The van der Waals surface area contributed by atoms with Crippen LogP contribution in [0.3, 0.4) is 0 Å². The minimum atomic E-state index is 0.697. The van der Waals surface area contributed by atoms with Crippen LogP contribution in [0.25, 0.3) is 11.0 Å². The molecule has 0 fully saturated rings. The van der Waals surface area contributed by atoms with Crippen molar-refractivity contribution in [1.29, 1.82) is 0 Å². The lowest BCUT2D eigenvalue weighted by Crippen LogP contribution is -2.08. The number of hydrogen-bond acceptors (Lipinski definition) is 4. The van der Waals surface area contributed by atoms with Gasteiger partial charge in [0.1, 0.15) is 5.65 Å². The van der Waals surface area contributed by atoms with Gasteiger partial charge in [-0.15, -0.1) is 0 Å². The first-order chi connectivity index (χ1) is 9.86. The Labute approximate surface area is 119 Å². The predicted octanol–water partition coefficient (Wildman–Crippen LogP) is 1.81. The number of aromatic nitrogens is 2. The fourth-order valence-electron chi connectivity index (χ4n) is 2.27. The zero-order valence-corrected chi connectivity index (χ0v) is 12.3. The van der Waals surface area contributed by atoms with E-state index in [1.807, 2.05) is 19.3 Å². The monoisotopic (exact) mass is 277 g/mol. The summed E-state index contributed by atoms with van der Waals surface area (Å²) in [6, 6.07) is 4.10. The van der Waals surface area contributed by atoms with Crippen molar-refractivity contribution < 1.29 is 9.47 Å². The molecule has 2 rings (SSSR count). The number of rotatable bonds is 9. The van der Waals surface area contributed by atoms with Crippen LogP contribution in [0.15, 0.2) is 24.5 Å². The number of nitrogens with zero attached hydrogens (tertiary/aromatic N) is 2. The lowest BCUT2D eigenvalue weighted by molar-refractivity contribution is 0.0981. The molecule has 0 unspecified atom stereocenters. The van der Waals surface area contributed by atoms with E-state index in [0.717, 1.165) is 38.4 Å². The maximum atomic E-state index is 5.61. The molecule has 0 amide bonds. The number of methoxy groups -OCH3 is 1. The molecule has 20 heavy (non-hydrogen) atoms. The van der Waals surface area contributed by atoms with Crippen molar-refractivity contribution in [2.75, 3.05) is 34.0 Å². The zero-order valence-electron chi connectivity index (χ0n) is 12.3. The van der Waals surface area contributed by atoms with Gasteiger partial charge in [-0.25, -0.2) is 4.98 Å². The number of pyridine rings is 1. The molecular weight excluding hydrogens is 254 g/mol. The van der Waals surface area contributed by atoms with Crippen LogP contribution in [0, 0.1) is 0 Å². The maximum absolute atomic E-state index is 5.61. The van der Waals surface area contributed by atoms with Gasteiger partial charge in [0, 0.05) is 51.2 Å². The maximum Gasteiger partial charge on any atom is 0.140 e. The topological polar surface area (TPSA) is 48.3 Å². The van der Waals surface area contributed by atoms with Gasteiger partial charge in [-0.1, -0.05) is 0 Å². The van der Waals surface area contributed by atoms with Crippen LogP contribution in [-0.4, -0.2) is 43.5 Å². The third-order valence-corrected chi connectivity index (χ3v) is 3.20. The second-order valence-electron chi connectivity index (χ2n) is 4.71. The minimum Gasteiger partial charge on any atom is -0.385 e. The van der Waals surface area contributed by atoms with Gasteiger partial charge in [0.05, 0.1) is 6.61 Å². The van der Waals surface area contributed by atoms with Gasteiger partial charge in [-0.3, -0.25) is 0 Å². The molecule has 0 saturated carbocycles. The molecule has 0 saturated heterocycles. The molecule has 0 aliphatic heterocycles. The molecular formula is C15H23N3O2. The van der Waals surface area contributed by atoms with Crippen molar-refractivity contribution >= 4 is 11.0 Å². The SMILES string of the molecule is CNCc1cn(CCOCCCOC)c2ncccc12. The lowest BCUT2D eigenvalue weighted by Gasteiger charge is -2.06. The molecule has 0 spiro atoms. The summed E-state index contributed by atoms with van der Waals surface area (Å²) in [6.45, 7) is 3.86. The van der Waals surface area contributed by atoms with Gasteiger partial charge in [0.25, 0.3) is 0 Å². The van der Waals surface area contributed by atoms with Crippen LogP contribution in [0.1, 0.15) is 12.0 Å². The highest BCUT2D eigenvalue weighted by molar-refractivity contribution is 5.80. The van der Waals surface area contributed by atoms with E-state index in [9.17, 15) is 0 Å². The Morgan fingerprint density at radius 2 is 2.20 bits per heavy atom. The number of nitrogens with one attached hydrogen (secondary N) is 1. The Bertz CT molecular complexity index is 525. The van der Waals surface area contributed by atoms with Crippen molar-refractivity contribution in [2.45, 2.75) is 19.5 Å². The summed E-state index contributed by atoms with van der Waals surface area (Å²) in [4.78, 5) is 4.47. The Kier molecular flexibility index (Phi) is 5.98. The molecule has 0 aliphatic carbocycles. The van der Waals surface area contributed by atoms with Crippen molar-refractivity contribution in [1.82, 2.24) is 14.9 Å². The minimum absolute atomic E-state index is 0.697. The highest BCUT2D eigenvalue weighted by atomic mass is 16.5. The molecule has 0 aliphatic rings. The van der Waals surface area contributed by atoms with Gasteiger partial charge in [-0.05, 0) is 31.2 Å². The molecule has 0 radical (unpaired) electrons. The quantitative estimate of drug-likeness (QED) is 0.710. The first-order valence-corrected chi connectivity index (χ1v) is 7.01. The largest absolute Gasteiger partial charge is 0.385 e. The predicted molar refractivity (Wildman–Crippen MR) is 79.8 cm³/mol. The van der Waals surface area contributed by atoms with Gasteiger partial charge in [-0.2, -0.15) is 0 Å².